The highest BCUT2D eigenvalue weighted by Crippen LogP contribution is 2.38. The topological polar surface area (TPSA) is 32.8 Å². The van der Waals surface area contributed by atoms with Gasteiger partial charge < -0.3 is 14.5 Å². The van der Waals surface area contributed by atoms with E-state index < -0.39 is 0 Å². The molecule has 2 aliphatic rings. The Morgan fingerprint density at radius 3 is 2.50 bits per heavy atom. The highest BCUT2D eigenvalue weighted by molar-refractivity contribution is 7.18. The number of hydrogen-bond acceptors (Lipinski definition) is 4. The quantitative estimate of drug-likeness (QED) is 0.506. The summed E-state index contributed by atoms with van der Waals surface area (Å²) in [4.78, 5) is 18.4. The summed E-state index contributed by atoms with van der Waals surface area (Å²) in [6.07, 6.45) is 3.96. The molecule has 4 nitrogen and oxygen atoms in total. The van der Waals surface area contributed by atoms with Gasteiger partial charge in [-0.3, -0.25) is 4.79 Å². The predicted octanol–water partition coefficient (Wildman–Crippen LogP) is 6.05. The van der Waals surface area contributed by atoms with E-state index in [2.05, 4.69) is 18.7 Å². The lowest BCUT2D eigenvalue weighted by Gasteiger charge is -2.37. The number of piperidine rings is 1. The third-order valence-corrected chi connectivity index (χ3v) is 8.33. The molecule has 2 aromatic rings. The van der Waals surface area contributed by atoms with Crippen LogP contribution in [0.5, 0.6) is 0 Å². The summed E-state index contributed by atoms with van der Waals surface area (Å²) in [6.45, 7) is 8.54. The minimum absolute atomic E-state index is 0.00995. The van der Waals surface area contributed by atoms with Gasteiger partial charge >= 0.3 is 0 Å². The van der Waals surface area contributed by atoms with E-state index in [4.69, 9.17) is 16.3 Å². The van der Waals surface area contributed by atoms with Crippen molar-refractivity contribution in [3.63, 3.8) is 0 Å². The second kappa shape index (κ2) is 9.80. The van der Waals surface area contributed by atoms with Crippen LogP contribution in [0.3, 0.4) is 0 Å². The average molecular weight is 479 g/mol. The van der Waals surface area contributed by atoms with Crippen LogP contribution in [0, 0.1) is 5.82 Å². The van der Waals surface area contributed by atoms with Crippen LogP contribution >= 0.6 is 22.9 Å². The SMILES string of the molecule is COC(C)(C)CN1CCC(c2ccc(-c3cc(Cl)c(C(=O)N4CCCC4)s3)cc2F)CC1. The molecule has 0 N–H and O–H groups in total. The van der Waals surface area contributed by atoms with Crippen LogP contribution in [0.15, 0.2) is 24.3 Å². The maximum absolute atomic E-state index is 15.1. The van der Waals surface area contributed by atoms with Gasteiger partial charge in [-0.05, 0) is 81.8 Å². The molecule has 0 saturated carbocycles. The first-order chi connectivity index (χ1) is 15.3. The molecule has 7 heteroatoms. The molecular weight excluding hydrogens is 447 g/mol. The molecule has 174 valence electrons. The van der Waals surface area contributed by atoms with Gasteiger partial charge in [-0.15, -0.1) is 11.3 Å². The zero-order valence-electron chi connectivity index (χ0n) is 19.1. The Morgan fingerprint density at radius 2 is 1.88 bits per heavy atom. The van der Waals surface area contributed by atoms with Crippen LogP contribution in [0.4, 0.5) is 4.39 Å². The van der Waals surface area contributed by atoms with Crippen molar-refractivity contribution in [3.05, 3.63) is 45.5 Å². The summed E-state index contributed by atoms with van der Waals surface area (Å²) in [7, 11) is 1.75. The summed E-state index contributed by atoms with van der Waals surface area (Å²) < 4.78 is 20.7. The van der Waals surface area contributed by atoms with Crippen LogP contribution in [0.25, 0.3) is 10.4 Å². The third kappa shape index (κ3) is 5.19. The number of rotatable bonds is 6. The maximum Gasteiger partial charge on any atom is 0.265 e. The van der Waals surface area contributed by atoms with Crippen molar-refractivity contribution < 1.29 is 13.9 Å². The number of carbonyl (C=O) groups excluding carboxylic acids is 1. The number of carbonyl (C=O) groups is 1. The van der Waals surface area contributed by atoms with Crippen LogP contribution in [0.1, 0.15) is 60.7 Å². The molecule has 2 saturated heterocycles. The Balaban J connectivity index is 1.44. The van der Waals surface area contributed by atoms with Gasteiger partial charge in [0, 0.05) is 31.6 Å². The molecule has 1 amide bonds. The summed E-state index contributed by atoms with van der Waals surface area (Å²) in [5.41, 5.74) is 1.39. The van der Waals surface area contributed by atoms with Crippen molar-refractivity contribution in [3.8, 4) is 10.4 Å². The first-order valence-corrected chi connectivity index (χ1v) is 12.6. The molecule has 0 spiro atoms. The van der Waals surface area contributed by atoms with Crippen molar-refractivity contribution in [2.45, 2.75) is 51.0 Å². The molecular formula is C25H32ClFN2O2S. The highest BCUT2D eigenvalue weighted by Gasteiger charge is 2.28. The summed E-state index contributed by atoms with van der Waals surface area (Å²) in [6, 6.07) is 7.27. The largest absolute Gasteiger partial charge is 0.377 e. The molecule has 0 aliphatic carbocycles. The smallest absolute Gasteiger partial charge is 0.265 e. The Kier molecular flexibility index (Phi) is 7.25. The summed E-state index contributed by atoms with van der Waals surface area (Å²) in [5.74, 6) is 0.0459. The lowest BCUT2D eigenvalue weighted by Crippen LogP contribution is -2.43. The van der Waals surface area contributed by atoms with Crippen molar-refractivity contribution in [2.75, 3.05) is 39.8 Å². The first-order valence-electron chi connectivity index (χ1n) is 11.4. The molecule has 1 aromatic carbocycles. The van der Waals surface area contributed by atoms with Gasteiger partial charge in [0.25, 0.3) is 5.91 Å². The monoisotopic (exact) mass is 478 g/mol. The minimum Gasteiger partial charge on any atom is -0.377 e. The molecule has 0 bridgehead atoms. The van der Waals surface area contributed by atoms with Crippen LogP contribution in [-0.4, -0.2) is 61.1 Å². The van der Waals surface area contributed by atoms with Crippen LogP contribution in [-0.2, 0) is 4.74 Å². The minimum atomic E-state index is -0.171. The summed E-state index contributed by atoms with van der Waals surface area (Å²) >= 11 is 7.74. The standard InChI is InChI=1S/C25H32ClFN2O2S/c1-25(2,31-3)16-28-12-8-17(9-13-28)19-7-6-18(14-21(19)27)22-15-20(26)23(32-22)24(30)29-10-4-5-11-29/h6-7,14-15,17H,4-5,8-13,16H2,1-3H3. The van der Waals surface area contributed by atoms with E-state index in [0.29, 0.717) is 9.90 Å². The number of methoxy groups -OCH3 is 1. The zero-order chi connectivity index (χ0) is 22.9. The number of nitrogens with zero attached hydrogens (tertiary/aromatic N) is 2. The number of thiophene rings is 1. The molecule has 4 rings (SSSR count). The Morgan fingerprint density at radius 1 is 1.19 bits per heavy atom. The number of ether oxygens (including phenoxy) is 1. The van der Waals surface area contributed by atoms with Gasteiger partial charge in [0.1, 0.15) is 10.7 Å². The zero-order valence-corrected chi connectivity index (χ0v) is 20.7. The molecule has 0 atom stereocenters. The molecule has 32 heavy (non-hydrogen) atoms. The van der Waals surface area contributed by atoms with Crippen LogP contribution in [0.2, 0.25) is 5.02 Å². The fourth-order valence-corrected chi connectivity index (χ4v) is 6.12. The molecule has 2 fully saturated rings. The molecule has 1 aromatic heterocycles. The second-order valence-electron chi connectivity index (χ2n) is 9.54. The number of likely N-dealkylation sites (tertiary alicyclic amines) is 2. The highest BCUT2D eigenvalue weighted by atomic mass is 35.5. The second-order valence-corrected chi connectivity index (χ2v) is 11.0. The average Bonchev–Trinajstić information content (AvgIpc) is 3.44. The number of benzene rings is 1. The van der Waals surface area contributed by atoms with Crippen LogP contribution < -0.4 is 0 Å². The molecule has 3 heterocycles. The fourth-order valence-electron chi connectivity index (χ4n) is 4.74. The van der Waals surface area contributed by atoms with E-state index in [-0.39, 0.29) is 23.2 Å². The first kappa shape index (κ1) is 23.7. The molecule has 0 unspecified atom stereocenters. The number of hydrogen-bond donors (Lipinski definition) is 0. The fraction of sp³-hybridized carbons (Fsp3) is 0.560. The van der Waals surface area contributed by atoms with Gasteiger partial charge in [-0.2, -0.15) is 0 Å². The third-order valence-electron chi connectivity index (χ3n) is 6.74. The number of amides is 1. The Hall–Kier alpha value is -1.47. The van der Waals surface area contributed by atoms with Gasteiger partial charge in [-0.1, -0.05) is 23.7 Å². The van der Waals surface area contributed by atoms with E-state index in [0.717, 1.165) is 74.4 Å². The maximum atomic E-state index is 15.1. The predicted molar refractivity (Wildman–Crippen MR) is 129 cm³/mol. The van der Waals surface area contributed by atoms with E-state index in [1.807, 2.05) is 17.0 Å². The van der Waals surface area contributed by atoms with Crippen molar-refractivity contribution in [1.82, 2.24) is 9.80 Å². The van der Waals surface area contributed by atoms with Gasteiger partial charge in [0.15, 0.2) is 0 Å². The van der Waals surface area contributed by atoms with Crippen molar-refractivity contribution >= 4 is 28.8 Å². The van der Waals surface area contributed by atoms with E-state index >= 15 is 4.39 Å². The van der Waals surface area contributed by atoms with E-state index in [1.165, 1.54) is 11.3 Å². The lowest BCUT2D eigenvalue weighted by molar-refractivity contribution is -0.0125. The molecule has 2 aliphatic heterocycles. The van der Waals surface area contributed by atoms with Crippen molar-refractivity contribution in [2.24, 2.45) is 0 Å². The van der Waals surface area contributed by atoms with Gasteiger partial charge in [-0.25, -0.2) is 4.39 Å². The van der Waals surface area contributed by atoms with E-state index in [9.17, 15) is 4.79 Å². The Labute approximate surface area is 199 Å². The van der Waals surface area contributed by atoms with E-state index in [1.54, 1.807) is 19.2 Å². The lowest BCUT2D eigenvalue weighted by atomic mass is 9.88. The Bertz CT molecular complexity index is 963. The number of halogens is 2. The normalized spacial score (nSPS) is 18.5. The van der Waals surface area contributed by atoms with Crippen molar-refractivity contribution in [1.29, 1.82) is 0 Å². The summed E-state index contributed by atoms with van der Waals surface area (Å²) in [5, 5.41) is 0.456. The molecule has 0 radical (unpaired) electrons. The van der Waals surface area contributed by atoms with Gasteiger partial charge in [0.05, 0.1) is 10.6 Å². The van der Waals surface area contributed by atoms with Gasteiger partial charge in [0.2, 0.25) is 0 Å².